The fourth-order valence-electron chi connectivity index (χ4n) is 1.24. The van der Waals surface area contributed by atoms with Gasteiger partial charge in [0.25, 0.3) is 0 Å². The summed E-state index contributed by atoms with van der Waals surface area (Å²) >= 11 is 0. The van der Waals surface area contributed by atoms with Crippen LogP contribution in [0.5, 0.6) is 0 Å². The van der Waals surface area contributed by atoms with Gasteiger partial charge >= 0.3 is 5.97 Å². The lowest BCUT2D eigenvalue weighted by Crippen LogP contribution is -2.58. The molecule has 3 saturated heterocycles. The molecule has 0 aromatic rings. The maximum absolute atomic E-state index is 9.84. The predicted molar refractivity (Wildman–Crippen MR) is 48.4 cm³/mol. The van der Waals surface area contributed by atoms with Gasteiger partial charge < -0.3 is 9.47 Å². The van der Waals surface area contributed by atoms with Gasteiger partial charge in [0.2, 0.25) is 0 Å². The zero-order valence-electron chi connectivity index (χ0n) is 7.86. The Bertz CT molecular complexity index is 174. The second-order valence-electron chi connectivity index (χ2n) is 2.98. The number of methoxy groups -OCH3 is 1. The first-order valence-corrected chi connectivity index (χ1v) is 4.30. The van der Waals surface area contributed by atoms with E-state index in [1.807, 2.05) is 0 Å². The maximum atomic E-state index is 9.84. The second-order valence-corrected chi connectivity index (χ2v) is 2.98. The molecule has 3 aliphatic heterocycles. The number of hydrogen-bond acceptors (Lipinski definition) is 4. The van der Waals surface area contributed by atoms with Crippen LogP contribution in [-0.2, 0) is 14.3 Å². The third-order valence-corrected chi connectivity index (χ3v) is 2.05. The van der Waals surface area contributed by atoms with Crippen LogP contribution in [0, 0.1) is 0 Å². The van der Waals surface area contributed by atoms with Crippen LogP contribution in [0.15, 0.2) is 12.7 Å². The highest BCUT2D eigenvalue weighted by molar-refractivity contribution is 5.80. The first-order chi connectivity index (χ1) is 6.26. The molecule has 0 saturated carbocycles. The lowest BCUT2D eigenvalue weighted by Gasteiger charge is -2.43. The number of carbonyl (C=O) groups is 1. The van der Waals surface area contributed by atoms with E-state index in [0.717, 1.165) is 19.2 Å². The molecule has 0 N–H and O–H groups in total. The summed E-state index contributed by atoms with van der Waals surface area (Å²) in [5.74, 6) is -0.394. The average molecular weight is 185 g/mol. The summed E-state index contributed by atoms with van der Waals surface area (Å²) in [4.78, 5) is 12.3. The zero-order valence-corrected chi connectivity index (χ0v) is 7.86. The van der Waals surface area contributed by atoms with Crippen LogP contribution in [0.2, 0.25) is 0 Å². The largest absolute Gasteiger partial charge is 0.466 e. The fraction of sp³-hybridized carbons (Fsp3) is 0.667. The van der Waals surface area contributed by atoms with Crippen LogP contribution >= 0.6 is 0 Å². The van der Waals surface area contributed by atoms with Crippen molar-refractivity contribution in [3.8, 4) is 0 Å². The van der Waals surface area contributed by atoms with Crippen molar-refractivity contribution in [2.75, 3.05) is 33.4 Å². The molecule has 0 aromatic carbocycles. The zero-order chi connectivity index (χ0) is 9.68. The van der Waals surface area contributed by atoms with Gasteiger partial charge in [-0.2, -0.15) is 0 Å². The Morgan fingerprint density at radius 2 is 2.38 bits per heavy atom. The van der Waals surface area contributed by atoms with Crippen LogP contribution in [0.4, 0.5) is 0 Å². The van der Waals surface area contributed by atoms with E-state index in [1.165, 1.54) is 20.2 Å². The predicted octanol–water partition coefficient (Wildman–Crippen LogP) is 0.0462. The highest BCUT2D eigenvalue weighted by Gasteiger charge is 2.30. The van der Waals surface area contributed by atoms with Gasteiger partial charge in [-0.3, -0.25) is 4.90 Å². The molecule has 3 rings (SSSR count). The molecule has 0 unspecified atom stereocenters. The number of hydrogen-bond donors (Lipinski definition) is 0. The molecule has 0 spiro atoms. The van der Waals surface area contributed by atoms with Crippen molar-refractivity contribution in [2.24, 2.45) is 0 Å². The molecule has 0 aliphatic carbocycles. The molecule has 4 nitrogen and oxygen atoms in total. The van der Waals surface area contributed by atoms with Crippen molar-refractivity contribution in [3.05, 3.63) is 12.7 Å². The first kappa shape index (κ1) is 10.2. The molecule has 2 bridgehead atoms. The van der Waals surface area contributed by atoms with Crippen molar-refractivity contribution in [1.82, 2.24) is 4.90 Å². The first-order valence-electron chi connectivity index (χ1n) is 4.30. The van der Waals surface area contributed by atoms with E-state index in [-0.39, 0.29) is 0 Å². The van der Waals surface area contributed by atoms with E-state index < -0.39 is 5.97 Å². The Kier molecular flexibility index (Phi) is 3.92. The Morgan fingerprint density at radius 3 is 2.46 bits per heavy atom. The van der Waals surface area contributed by atoms with E-state index in [1.54, 1.807) is 0 Å². The molecule has 0 amide bonds. The normalized spacial score (nSPS) is 29.0. The number of morpholine rings is 2. The molecule has 74 valence electrons. The number of carbonyl (C=O) groups excluding carboxylic acids is 1. The van der Waals surface area contributed by atoms with E-state index in [4.69, 9.17) is 4.74 Å². The van der Waals surface area contributed by atoms with E-state index in [9.17, 15) is 4.79 Å². The number of ether oxygens (including phenoxy) is 2. The molecular formula is C9H15NO3. The number of nitrogens with zero attached hydrogens (tertiary/aromatic N) is 1. The Hall–Kier alpha value is -0.870. The molecule has 4 heteroatoms. The van der Waals surface area contributed by atoms with Gasteiger partial charge in [0.1, 0.15) is 0 Å². The smallest absolute Gasteiger partial charge is 0.329 e. The van der Waals surface area contributed by atoms with Crippen molar-refractivity contribution in [3.63, 3.8) is 0 Å². The highest BCUT2D eigenvalue weighted by atomic mass is 16.5. The van der Waals surface area contributed by atoms with Crippen LogP contribution < -0.4 is 0 Å². The van der Waals surface area contributed by atoms with Crippen molar-refractivity contribution >= 4 is 5.97 Å². The summed E-state index contributed by atoms with van der Waals surface area (Å²) in [5, 5.41) is 0. The summed E-state index contributed by atoms with van der Waals surface area (Å²) in [6.07, 6.45) is 1.72. The topological polar surface area (TPSA) is 38.8 Å². The van der Waals surface area contributed by atoms with Crippen LogP contribution in [0.25, 0.3) is 0 Å². The fourth-order valence-corrected chi connectivity index (χ4v) is 1.24. The van der Waals surface area contributed by atoms with E-state index >= 15 is 0 Å². The second kappa shape index (κ2) is 4.99. The standard InChI is InChI=1S/C5H9NO.C4H6O2/c1-2-7-5-3-6(1)4-5;1-3-4(5)6-2/h5H,1-4H2;3H,1H2,2H3. The minimum Gasteiger partial charge on any atom is -0.466 e. The SMILES string of the molecule is C1CN2CC(C2)O1.C=CC(=O)OC. The average Bonchev–Trinajstić information content (AvgIpc) is 2.18. The van der Waals surface area contributed by atoms with Gasteiger partial charge in [0.15, 0.2) is 0 Å². The summed E-state index contributed by atoms with van der Waals surface area (Å²) in [7, 11) is 1.31. The summed E-state index contributed by atoms with van der Waals surface area (Å²) in [6, 6.07) is 0. The Labute approximate surface area is 78.1 Å². The molecule has 3 aliphatic rings. The Balaban J connectivity index is 0.000000133. The maximum Gasteiger partial charge on any atom is 0.329 e. The number of rotatable bonds is 1. The van der Waals surface area contributed by atoms with Crippen LogP contribution in [0.3, 0.4) is 0 Å². The molecule has 0 radical (unpaired) electrons. The molecule has 13 heavy (non-hydrogen) atoms. The van der Waals surface area contributed by atoms with E-state index in [0.29, 0.717) is 6.10 Å². The van der Waals surface area contributed by atoms with Crippen molar-refractivity contribution in [2.45, 2.75) is 6.10 Å². The van der Waals surface area contributed by atoms with Gasteiger partial charge in [0.05, 0.1) is 19.8 Å². The molecular weight excluding hydrogens is 170 g/mol. The summed E-state index contributed by atoms with van der Waals surface area (Å²) in [5.41, 5.74) is 0. The molecule has 0 atom stereocenters. The number of esters is 1. The highest BCUT2D eigenvalue weighted by Crippen LogP contribution is 2.15. The van der Waals surface area contributed by atoms with Gasteiger partial charge in [0, 0.05) is 25.7 Å². The van der Waals surface area contributed by atoms with Crippen LogP contribution in [0.1, 0.15) is 0 Å². The van der Waals surface area contributed by atoms with Crippen molar-refractivity contribution in [1.29, 1.82) is 0 Å². The van der Waals surface area contributed by atoms with Gasteiger partial charge in [-0.05, 0) is 0 Å². The number of fused-ring (bicyclic) bond motifs is 2. The lowest BCUT2D eigenvalue weighted by molar-refractivity contribution is -0.134. The molecule has 3 heterocycles. The minimum absolute atomic E-state index is 0.394. The van der Waals surface area contributed by atoms with Gasteiger partial charge in [-0.25, -0.2) is 4.79 Å². The van der Waals surface area contributed by atoms with Crippen LogP contribution in [-0.4, -0.2) is 50.3 Å². The van der Waals surface area contributed by atoms with Gasteiger partial charge in [-0.15, -0.1) is 0 Å². The van der Waals surface area contributed by atoms with E-state index in [2.05, 4.69) is 16.2 Å². The third kappa shape index (κ3) is 3.16. The Morgan fingerprint density at radius 1 is 1.69 bits per heavy atom. The lowest BCUT2D eigenvalue weighted by atomic mass is 10.1. The van der Waals surface area contributed by atoms with Crippen molar-refractivity contribution < 1.29 is 14.3 Å². The quantitative estimate of drug-likeness (QED) is 0.427. The monoisotopic (exact) mass is 185 g/mol. The minimum atomic E-state index is -0.394. The third-order valence-electron chi connectivity index (χ3n) is 2.05. The summed E-state index contributed by atoms with van der Waals surface area (Å²) in [6.45, 7) is 7.67. The van der Waals surface area contributed by atoms with Gasteiger partial charge in [-0.1, -0.05) is 6.58 Å². The molecule has 3 fully saturated rings. The molecule has 0 aromatic heterocycles. The summed E-state index contributed by atoms with van der Waals surface area (Å²) < 4.78 is 9.44.